The summed E-state index contributed by atoms with van der Waals surface area (Å²) in [5, 5.41) is 2.85. The van der Waals surface area contributed by atoms with Crippen LogP contribution in [0.25, 0.3) is 5.52 Å². The van der Waals surface area contributed by atoms with Gasteiger partial charge in [-0.15, -0.1) is 0 Å². The number of amides is 2. The molecule has 0 radical (unpaired) electrons. The summed E-state index contributed by atoms with van der Waals surface area (Å²) >= 11 is 0. The Morgan fingerprint density at radius 3 is 2.86 bits per heavy atom. The molecule has 1 aliphatic rings. The lowest BCUT2D eigenvalue weighted by molar-refractivity contribution is 0.0945. The molecule has 0 saturated heterocycles. The van der Waals surface area contributed by atoms with E-state index in [1.54, 1.807) is 28.7 Å². The molecular weight excluding hydrogens is 368 g/mol. The molecule has 7 nitrogen and oxygen atoms in total. The zero-order valence-corrected chi connectivity index (χ0v) is 16.4. The highest BCUT2D eigenvalue weighted by Gasteiger charge is 2.28. The quantitative estimate of drug-likeness (QED) is 0.655. The van der Waals surface area contributed by atoms with Crippen LogP contribution in [0.2, 0.25) is 0 Å². The average Bonchev–Trinajstić information content (AvgIpc) is 3.15. The maximum absolute atomic E-state index is 13.4. The molecule has 150 valence electrons. The van der Waals surface area contributed by atoms with Crippen LogP contribution < -0.4 is 10.2 Å². The fraction of sp³-hybridized carbons (Fsp3) is 0.318. The summed E-state index contributed by atoms with van der Waals surface area (Å²) in [5.41, 5.74) is 2.95. The summed E-state index contributed by atoms with van der Waals surface area (Å²) in [6.45, 7) is 1.69. The minimum Gasteiger partial charge on any atom is -0.385 e. The minimum absolute atomic E-state index is 0.197. The number of carbonyl (C=O) groups is 2. The Bertz CT molecular complexity index is 1040. The molecule has 0 fully saturated rings. The molecule has 0 atom stereocenters. The summed E-state index contributed by atoms with van der Waals surface area (Å²) in [6.07, 6.45) is 4.34. The van der Waals surface area contributed by atoms with Crippen molar-refractivity contribution in [3.63, 3.8) is 0 Å². The van der Waals surface area contributed by atoms with Gasteiger partial charge in [0, 0.05) is 38.7 Å². The normalized spacial score (nSPS) is 13.3. The number of anilines is 1. The second-order valence-electron chi connectivity index (χ2n) is 7.03. The van der Waals surface area contributed by atoms with Crippen molar-refractivity contribution in [3.8, 4) is 0 Å². The number of pyridine rings is 1. The lowest BCUT2D eigenvalue weighted by Gasteiger charge is -2.28. The van der Waals surface area contributed by atoms with Crippen LogP contribution in [-0.4, -0.2) is 48.0 Å². The van der Waals surface area contributed by atoms with Crippen LogP contribution in [0, 0.1) is 0 Å². The van der Waals surface area contributed by atoms with E-state index in [1.807, 2.05) is 30.3 Å². The van der Waals surface area contributed by atoms with E-state index in [0.717, 1.165) is 24.1 Å². The molecule has 7 heteroatoms. The van der Waals surface area contributed by atoms with Crippen molar-refractivity contribution in [1.82, 2.24) is 14.7 Å². The molecule has 4 rings (SSSR count). The monoisotopic (exact) mass is 392 g/mol. The Balaban J connectivity index is 1.66. The number of carbonyl (C=O) groups excluding carboxylic acids is 2. The van der Waals surface area contributed by atoms with Gasteiger partial charge in [0.1, 0.15) is 0 Å². The molecule has 1 aliphatic heterocycles. The predicted molar refractivity (Wildman–Crippen MR) is 110 cm³/mol. The molecule has 2 amide bonds. The van der Waals surface area contributed by atoms with Crippen molar-refractivity contribution in [1.29, 1.82) is 0 Å². The van der Waals surface area contributed by atoms with Gasteiger partial charge < -0.3 is 15.0 Å². The first-order valence-electron chi connectivity index (χ1n) is 9.84. The van der Waals surface area contributed by atoms with E-state index < -0.39 is 0 Å². The SMILES string of the molecule is COCCCNC(=O)c1nc(C(=O)N2CCCc3ccccc32)n2ccccc12. The number of para-hydroxylation sites is 1. The van der Waals surface area contributed by atoms with Crippen LogP contribution in [0.15, 0.2) is 48.7 Å². The summed E-state index contributed by atoms with van der Waals surface area (Å²) in [7, 11) is 1.63. The van der Waals surface area contributed by atoms with Crippen LogP contribution in [0.3, 0.4) is 0 Å². The maximum Gasteiger partial charge on any atom is 0.294 e. The van der Waals surface area contributed by atoms with E-state index in [9.17, 15) is 9.59 Å². The minimum atomic E-state index is -0.289. The van der Waals surface area contributed by atoms with E-state index in [2.05, 4.69) is 16.4 Å². The van der Waals surface area contributed by atoms with Crippen molar-refractivity contribution in [2.75, 3.05) is 31.7 Å². The van der Waals surface area contributed by atoms with Crippen LogP contribution in [0.5, 0.6) is 0 Å². The topological polar surface area (TPSA) is 75.9 Å². The maximum atomic E-state index is 13.4. The van der Waals surface area contributed by atoms with Crippen molar-refractivity contribution in [2.24, 2.45) is 0 Å². The molecule has 1 aromatic carbocycles. The number of methoxy groups -OCH3 is 1. The lowest BCUT2D eigenvalue weighted by atomic mass is 10.0. The number of benzene rings is 1. The Morgan fingerprint density at radius 1 is 1.17 bits per heavy atom. The zero-order valence-electron chi connectivity index (χ0n) is 16.4. The van der Waals surface area contributed by atoms with E-state index in [4.69, 9.17) is 4.74 Å². The molecular formula is C22H24N4O3. The molecule has 2 aromatic heterocycles. The van der Waals surface area contributed by atoms with Gasteiger partial charge in [-0.1, -0.05) is 24.3 Å². The number of aromatic nitrogens is 2. The lowest BCUT2D eigenvalue weighted by Crippen LogP contribution is -2.36. The first-order chi connectivity index (χ1) is 14.2. The second-order valence-corrected chi connectivity index (χ2v) is 7.03. The van der Waals surface area contributed by atoms with Crippen LogP contribution >= 0.6 is 0 Å². The number of hydrogen-bond donors (Lipinski definition) is 1. The number of ether oxygens (including phenoxy) is 1. The summed E-state index contributed by atoms with van der Waals surface area (Å²) in [5.74, 6) is -0.237. The summed E-state index contributed by atoms with van der Waals surface area (Å²) in [6, 6.07) is 13.4. The molecule has 29 heavy (non-hydrogen) atoms. The third-order valence-electron chi connectivity index (χ3n) is 5.12. The first kappa shape index (κ1) is 19.1. The second kappa shape index (κ2) is 8.45. The number of fused-ring (bicyclic) bond motifs is 2. The van der Waals surface area contributed by atoms with Gasteiger partial charge in [-0.05, 0) is 43.0 Å². The van der Waals surface area contributed by atoms with Gasteiger partial charge in [0.05, 0.1) is 5.52 Å². The van der Waals surface area contributed by atoms with Crippen LogP contribution in [0.1, 0.15) is 39.5 Å². The van der Waals surface area contributed by atoms with Crippen molar-refractivity contribution >= 4 is 23.0 Å². The number of imidazole rings is 1. The first-order valence-corrected chi connectivity index (χ1v) is 9.84. The fourth-order valence-corrected chi connectivity index (χ4v) is 3.72. The Morgan fingerprint density at radius 2 is 2.00 bits per heavy atom. The van der Waals surface area contributed by atoms with Gasteiger partial charge in [-0.3, -0.25) is 14.0 Å². The van der Waals surface area contributed by atoms with Crippen molar-refractivity contribution < 1.29 is 14.3 Å². The van der Waals surface area contributed by atoms with E-state index in [0.29, 0.717) is 31.6 Å². The number of hydrogen-bond acceptors (Lipinski definition) is 4. The smallest absolute Gasteiger partial charge is 0.294 e. The highest BCUT2D eigenvalue weighted by atomic mass is 16.5. The van der Waals surface area contributed by atoms with Gasteiger partial charge in [0.25, 0.3) is 11.8 Å². The van der Waals surface area contributed by atoms with Gasteiger partial charge in [0.15, 0.2) is 5.69 Å². The molecule has 0 spiro atoms. The number of nitrogens with zero attached hydrogens (tertiary/aromatic N) is 3. The standard InChI is InChI=1S/C22H24N4O3/c1-29-15-7-12-23-21(27)19-18-11-4-5-13-25(18)20(24-19)22(28)26-14-6-9-16-8-2-3-10-17(16)26/h2-5,8,10-11,13H,6-7,9,12,14-15H2,1H3,(H,23,27). The fourth-order valence-electron chi connectivity index (χ4n) is 3.72. The molecule has 0 unspecified atom stereocenters. The van der Waals surface area contributed by atoms with E-state index >= 15 is 0 Å². The number of aryl methyl sites for hydroxylation is 1. The van der Waals surface area contributed by atoms with E-state index in [-0.39, 0.29) is 23.3 Å². The highest BCUT2D eigenvalue weighted by molar-refractivity contribution is 6.07. The largest absolute Gasteiger partial charge is 0.385 e. The Kier molecular flexibility index (Phi) is 5.57. The Hall–Kier alpha value is -3.19. The zero-order chi connectivity index (χ0) is 20.2. The molecule has 3 heterocycles. The van der Waals surface area contributed by atoms with Crippen LogP contribution in [-0.2, 0) is 11.2 Å². The third-order valence-corrected chi connectivity index (χ3v) is 5.12. The molecule has 0 bridgehead atoms. The van der Waals surface area contributed by atoms with Gasteiger partial charge >= 0.3 is 0 Å². The molecule has 0 aliphatic carbocycles. The number of nitrogens with one attached hydrogen (secondary N) is 1. The molecule has 3 aromatic rings. The highest BCUT2D eigenvalue weighted by Crippen LogP contribution is 2.28. The Labute approximate surface area is 169 Å². The average molecular weight is 392 g/mol. The van der Waals surface area contributed by atoms with Crippen LogP contribution in [0.4, 0.5) is 5.69 Å². The summed E-state index contributed by atoms with van der Waals surface area (Å²) < 4.78 is 6.71. The number of rotatable bonds is 6. The molecule has 1 N–H and O–H groups in total. The summed E-state index contributed by atoms with van der Waals surface area (Å²) in [4.78, 5) is 32.3. The molecule has 0 saturated carbocycles. The predicted octanol–water partition coefficient (Wildman–Crippen LogP) is 2.69. The van der Waals surface area contributed by atoms with Crippen molar-refractivity contribution in [3.05, 3.63) is 65.7 Å². The van der Waals surface area contributed by atoms with E-state index in [1.165, 1.54) is 0 Å². The van der Waals surface area contributed by atoms with Gasteiger partial charge in [-0.25, -0.2) is 4.98 Å². The van der Waals surface area contributed by atoms with Gasteiger partial charge in [0.2, 0.25) is 5.82 Å². The van der Waals surface area contributed by atoms with Gasteiger partial charge in [-0.2, -0.15) is 0 Å². The van der Waals surface area contributed by atoms with Crippen molar-refractivity contribution in [2.45, 2.75) is 19.3 Å². The third kappa shape index (κ3) is 3.73.